The topological polar surface area (TPSA) is 79.5 Å². The van der Waals surface area contributed by atoms with Crippen molar-refractivity contribution in [2.45, 2.75) is 18.7 Å². The highest BCUT2D eigenvalue weighted by molar-refractivity contribution is 7.89. The van der Waals surface area contributed by atoms with E-state index < -0.39 is 10.0 Å². The molecule has 1 aliphatic rings. The fourth-order valence-corrected chi connectivity index (χ4v) is 4.02. The molecule has 0 bridgehead atoms. The summed E-state index contributed by atoms with van der Waals surface area (Å²) in [4.78, 5) is 6.20. The molecule has 2 heterocycles. The molecule has 0 aliphatic carbocycles. The molecule has 0 unspecified atom stereocenters. The van der Waals surface area contributed by atoms with Crippen LogP contribution >= 0.6 is 11.6 Å². The van der Waals surface area contributed by atoms with Crippen molar-refractivity contribution in [3.8, 4) is 0 Å². The Kier molecular flexibility index (Phi) is 5.08. The van der Waals surface area contributed by atoms with Gasteiger partial charge in [-0.15, -0.1) is 0 Å². The van der Waals surface area contributed by atoms with Gasteiger partial charge in [0.05, 0.1) is 5.02 Å². The van der Waals surface area contributed by atoms with Gasteiger partial charge in [0.1, 0.15) is 10.7 Å². The summed E-state index contributed by atoms with van der Waals surface area (Å²) in [5.41, 5.74) is 5.52. The molecular formula is C13H21ClN4O2S. The van der Waals surface area contributed by atoms with Crippen LogP contribution in [0, 0.1) is 5.92 Å². The van der Waals surface area contributed by atoms with Gasteiger partial charge in [-0.2, -0.15) is 4.31 Å². The summed E-state index contributed by atoms with van der Waals surface area (Å²) >= 11 is 5.86. The molecule has 21 heavy (non-hydrogen) atoms. The van der Waals surface area contributed by atoms with Crippen LogP contribution in [0.15, 0.2) is 17.2 Å². The van der Waals surface area contributed by atoms with E-state index >= 15 is 0 Å². The lowest BCUT2D eigenvalue weighted by molar-refractivity contribution is 0.172. The number of halogens is 1. The maximum atomic E-state index is 12.5. The average molecular weight is 333 g/mol. The summed E-state index contributed by atoms with van der Waals surface area (Å²) in [5, 5.41) is 0.162. The Hall–Kier alpha value is -0.890. The number of nitrogens with zero attached hydrogens (tertiary/aromatic N) is 3. The zero-order valence-corrected chi connectivity index (χ0v) is 13.9. The smallest absolute Gasteiger partial charge is 0.244 e. The zero-order chi connectivity index (χ0) is 15.6. The molecule has 1 aromatic heterocycles. The fraction of sp³-hybridized carbons (Fsp3) is 0.615. The summed E-state index contributed by atoms with van der Waals surface area (Å²) in [6.07, 6.45) is 1.26. The molecule has 8 heteroatoms. The van der Waals surface area contributed by atoms with Gasteiger partial charge in [0.2, 0.25) is 10.0 Å². The van der Waals surface area contributed by atoms with Gasteiger partial charge < -0.3 is 10.6 Å². The summed E-state index contributed by atoms with van der Waals surface area (Å²) in [5.74, 6) is 0.714. The van der Waals surface area contributed by atoms with Crippen LogP contribution in [0.4, 0.5) is 5.82 Å². The number of sulfonamides is 1. The van der Waals surface area contributed by atoms with Crippen LogP contribution in [-0.2, 0) is 10.0 Å². The number of piperazine rings is 1. The normalized spacial score (nSPS) is 18.3. The van der Waals surface area contributed by atoms with Gasteiger partial charge >= 0.3 is 0 Å². The van der Waals surface area contributed by atoms with Crippen LogP contribution in [0.1, 0.15) is 13.8 Å². The van der Waals surface area contributed by atoms with Crippen LogP contribution in [0.25, 0.3) is 0 Å². The first-order chi connectivity index (χ1) is 9.80. The van der Waals surface area contributed by atoms with Crippen molar-refractivity contribution in [1.29, 1.82) is 0 Å². The summed E-state index contributed by atoms with van der Waals surface area (Å²) in [6.45, 7) is 7.76. The van der Waals surface area contributed by atoms with Crippen LogP contribution in [0.2, 0.25) is 5.02 Å². The molecule has 0 amide bonds. The molecule has 118 valence electrons. The molecule has 1 aromatic rings. The highest BCUT2D eigenvalue weighted by atomic mass is 35.5. The van der Waals surface area contributed by atoms with E-state index in [1.807, 2.05) is 0 Å². The van der Waals surface area contributed by atoms with E-state index in [4.69, 9.17) is 17.3 Å². The highest BCUT2D eigenvalue weighted by Crippen LogP contribution is 2.23. The molecule has 0 atom stereocenters. The molecule has 6 nitrogen and oxygen atoms in total. The number of rotatable bonds is 4. The minimum Gasteiger partial charge on any atom is -0.382 e. The molecule has 0 saturated carbocycles. The van der Waals surface area contributed by atoms with E-state index in [1.54, 1.807) is 0 Å². The third kappa shape index (κ3) is 3.85. The monoisotopic (exact) mass is 332 g/mol. The summed E-state index contributed by atoms with van der Waals surface area (Å²) in [6, 6.07) is 1.36. The SMILES string of the molecule is CC(C)CN1CCN(S(=O)(=O)c2cnc(N)c(Cl)c2)CC1. The third-order valence-electron chi connectivity index (χ3n) is 3.44. The Labute approximate surface area is 130 Å². The Morgan fingerprint density at radius 2 is 1.95 bits per heavy atom. The second kappa shape index (κ2) is 6.48. The Morgan fingerprint density at radius 3 is 2.48 bits per heavy atom. The number of nitrogen functional groups attached to an aromatic ring is 1. The van der Waals surface area contributed by atoms with Crippen molar-refractivity contribution >= 4 is 27.4 Å². The van der Waals surface area contributed by atoms with E-state index in [9.17, 15) is 8.42 Å². The Bertz CT molecular complexity index is 598. The van der Waals surface area contributed by atoms with Crippen molar-refractivity contribution < 1.29 is 8.42 Å². The predicted molar refractivity (Wildman–Crippen MR) is 83.7 cm³/mol. The molecule has 2 N–H and O–H groups in total. The second-order valence-electron chi connectivity index (χ2n) is 5.64. The maximum Gasteiger partial charge on any atom is 0.244 e. The first kappa shape index (κ1) is 16.5. The van der Waals surface area contributed by atoms with Gasteiger partial charge in [-0.25, -0.2) is 13.4 Å². The minimum absolute atomic E-state index is 0.0963. The van der Waals surface area contributed by atoms with Gasteiger partial charge in [-0.3, -0.25) is 0 Å². The molecule has 1 fully saturated rings. The molecule has 2 rings (SSSR count). The predicted octanol–water partition coefficient (Wildman–Crippen LogP) is 1.28. The van der Waals surface area contributed by atoms with Gasteiger partial charge in [0, 0.05) is 38.9 Å². The highest BCUT2D eigenvalue weighted by Gasteiger charge is 2.29. The molecule has 1 aliphatic heterocycles. The van der Waals surface area contributed by atoms with Gasteiger partial charge in [-0.1, -0.05) is 25.4 Å². The van der Waals surface area contributed by atoms with E-state index in [2.05, 4.69) is 23.7 Å². The second-order valence-corrected chi connectivity index (χ2v) is 7.98. The summed E-state index contributed by atoms with van der Waals surface area (Å²) < 4.78 is 26.6. The Balaban J connectivity index is 2.09. The number of anilines is 1. The zero-order valence-electron chi connectivity index (χ0n) is 12.3. The fourth-order valence-electron chi connectivity index (χ4n) is 2.39. The number of aromatic nitrogens is 1. The Morgan fingerprint density at radius 1 is 1.33 bits per heavy atom. The number of hydrogen-bond acceptors (Lipinski definition) is 5. The largest absolute Gasteiger partial charge is 0.382 e. The van der Waals surface area contributed by atoms with Gasteiger partial charge in [0.25, 0.3) is 0 Å². The molecule has 0 aromatic carbocycles. The number of nitrogens with two attached hydrogens (primary N) is 1. The lowest BCUT2D eigenvalue weighted by Gasteiger charge is -2.34. The number of hydrogen-bond donors (Lipinski definition) is 1. The molecule has 1 saturated heterocycles. The van der Waals surface area contributed by atoms with Crippen LogP contribution < -0.4 is 5.73 Å². The summed E-state index contributed by atoms with van der Waals surface area (Å²) in [7, 11) is -3.55. The lowest BCUT2D eigenvalue weighted by atomic mass is 10.2. The van der Waals surface area contributed by atoms with Crippen molar-refractivity contribution in [3.63, 3.8) is 0 Å². The van der Waals surface area contributed by atoms with E-state index in [-0.39, 0.29) is 15.7 Å². The maximum absolute atomic E-state index is 12.5. The van der Waals surface area contributed by atoms with Crippen LogP contribution in [0.5, 0.6) is 0 Å². The van der Waals surface area contributed by atoms with E-state index in [0.717, 1.165) is 19.6 Å². The third-order valence-corrected chi connectivity index (χ3v) is 5.60. The van der Waals surface area contributed by atoms with Crippen molar-refractivity contribution in [1.82, 2.24) is 14.2 Å². The van der Waals surface area contributed by atoms with E-state index in [1.165, 1.54) is 16.6 Å². The van der Waals surface area contributed by atoms with Crippen molar-refractivity contribution in [2.24, 2.45) is 5.92 Å². The van der Waals surface area contributed by atoms with Crippen molar-refractivity contribution in [2.75, 3.05) is 38.5 Å². The van der Waals surface area contributed by atoms with Gasteiger partial charge in [-0.05, 0) is 12.0 Å². The van der Waals surface area contributed by atoms with Crippen LogP contribution in [0.3, 0.4) is 0 Å². The standard InChI is InChI=1S/C13H21ClN4O2S/c1-10(2)9-17-3-5-18(6-4-17)21(19,20)11-7-12(14)13(15)16-8-11/h7-8,10H,3-6,9H2,1-2H3,(H2,15,16). The number of pyridine rings is 1. The van der Waals surface area contributed by atoms with E-state index in [0.29, 0.717) is 19.0 Å². The molecule has 0 radical (unpaired) electrons. The van der Waals surface area contributed by atoms with Crippen molar-refractivity contribution in [3.05, 3.63) is 17.3 Å². The minimum atomic E-state index is -3.55. The first-order valence-electron chi connectivity index (χ1n) is 6.94. The van der Waals surface area contributed by atoms with Gasteiger partial charge in [0.15, 0.2) is 0 Å². The molecule has 0 spiro atoms. The first-order valence-corrected chi connectivity index (χ1v) is 8.76. The molecular weight excluding hydrogens is 312 g/mol. The van der Waals surface area contributed by atoms with Crippen LogP contribution in [-0.4, -0.2) is 55.3 Å². The lowest BCUT2D eigenvalue weighted by Crippen LogP contribution is -2.49. The quantitative estimate of drug-likeness (QED) is 0.898. The average Bonchev–Trinajstić information content (AvgIpc) is 2.41.